The van der Waals surface area contributed by atoms with E-state index >= 15 is 0 Å². The summed E-state index contributed by atoms with van der Waals surface area (Å²) in [5, 5.41) is 14.1. The average molecular weight is 478 g/mol. The second-order valence-electron chi connectivity index (χ2n) is 7.00. The molecule has 34 heavy (non-hydrogen) atoms. The summed E-state index contributed by atoms with van der Waals surface area (Å²) in [4.78, 5) is 23.8. The first-order chi connectivity index (χ1) is 16.4. The number of nitro groups is 1. The number of amides is 1. The second-order valence-corrected chi connectivity index (χ2v) is 7.00. The minimum atomic E-state index is -0.626. The van der Waals surface area contributed by atoms with Crippen LogP contribution in [-0.4, -0.2) is 71.8 Å². The molecule has 0 aliphatic carbocycles. The SMILES string of the molecule is COCCOCCOCCOc1ccc(C)cc1NC(=O)c1cc([N+](=O)[O-])c(OC)cc1OC. The zero-order chi connectivity index (χ0) is 24.9. The number of anilines is 1. The first-order valence-electron chi connectivity index (χ1n) is 10.5. The molecule has 0 heterocycles. The van der Waals surface area contributed by atoms with Gasteiger partial charge in [-0.05, 0) is 24.6 Å². The van der Waals surface area contributed by atoms with Crippen LogP contribution in [0.5, 0.6) is 17.2 Å². The molecule has 1 N–H and O–H groups in total. The van der Waals surface area contributed by atoms with Crippen molar-refractivity contribution in [2.75, 3.05) is 66.3 Å². The van der Waals surface area contributed by atoms with Crippen molar-refractivity contribution in [1.82, 2.24) is 0 Å². The topological polar surface area (TPSA) is 128 Å². The van der Waals surface area contributed by atoms with Crippen molar-refractivity contribution in [3.8, 4) is 17.2 Å². The predicted octanol–water partition coefficient (Wildman–Crippen LogP) is 3.23. The second kappa shape index (κ2) is 14.0. The molecule has 186 valence electrons. The molecular weight excluding hydrogens is 448 g/mol. The third-order valence-corrected chi connectivity index (χ3v) is 4.61. The molecule has 0 aromatic heterocycles. The van der Waals surface area contributed by atoms with Crippen molar-refractivity contribution in [2.24, 2.45) is 0 Å². The Kier molecular flexibility index (Phi) is 11.0. The third-order valence-electron chi connectivity index (χ3n) is 4.61. The molecule has 0 bridgehead atoms. The molecule has 2 rings (SSSR count). The van der Waals surface area contributed by atoms with Gasteiger partial charge in [-0.25, -0.2) is 0 Å². The molecule has 1 amide bonds. The molecule has 11 heteroatoms. The van der Waals surface area contributed by atoms with Crippen LogP contribution in [0.4, 0.5) is 11.4 Å². The molecule has 0 saturated heterocycles. The molecule has 11 nitrogen and oxygen atoms in total. The van der Waals surface area contributed by atoms with E-state index < -0.39 is 10.8 Å². The van der Waals surface area contributed by atoms with Crippen molar-refractivity contribution >= 4 is 17.3 Å². The van der Waals surface area contributed by atoms with Crippen LogP contribution in [0, 0.1) is 17.0 Å². The van der Waals surface area contributed by atoms with Gasteiger partial charge in [-0.2, -0.15) is 0 Å². The number of ether oxygens (including phenoxy) is 6. The Labute approximate surface area is 198 Å². The highest BCUT2D eigenvalue weighted by molar-refractivity contribution is 6.07. The molecule has 0 atom stereocenters. The van der Waals surface area contributed by atoms with E-state index in [1.54, 1.807) is 19.2 Å². The fourth-order valence-corrected chi connectivity index (χ4v) is 2.93. The molecule has 0 spiro atoms. The molecular formula is C23H30N2O9. The molecule has 2 aromatic rings. The van der Waals surface area contributed by atoms with Crippen molar-refractivity contribution in [3.05, 3.63) is 51.6 Å². The van der Waals surface area contributed by atoms with E-state index in [0.717, 1.165) is 11.6 Å². The number of rotatable bonds is 15. The maximum Gasteiger partial charge on any atom is 0.311 e. The fourth-order valence-electron chi connectivity index (χ4n) is 2.93. The van der Waals surface area contributed by atoms with Crippen molar-refractivity contribution in [3.63, 3.8) is 0 Å². The number of methoxy groups -OCH3 is 3. The quantitative estimate of drug-likeness (QED) is 0.233. The van der Waals surface area contributed by atoms with E-state index in [9.17, 15) is 14.9 Å². The van der Waals surface area contributed by atoms with Crippen LogP contribution in [0.15, 0.2) is 30.3 Å². The number of aryl methyl sites for hydroxylation is 1. The van der Waals surface area contributed by atoms with Crippen molar-refractivity contribution < 1.29 is 38.1 Å². The summed E-state index contributed by atoms with van der Waals surface area (Å²) in [6, 6.07) is 7.73. The van der Waals surface area contributed by atoms with E-state index in [0.29, 0.717) is 44.5 Å². The lowest BCUT2D eigenvalue weighted by Gasteiger charge is -2.15. The largest absolute Gasteiger partial charge is 0.496 e. The zero-order valence-electron chi connectivity index (χ0n) is 19.8. The van der Waals surface area contributed by atoms with E-state index in [1.165, 1.54) is 20.3 Å². The molecule has 0 unspecified atom stereocenters. The van der Waals surface area contributed by atoms with Crippen LogP contribution < -0.4 is 19.5 Å². The highest BCUT2D eigenvalue weighted by Crippen LogP contribution is 2.35. The first kappa shape index (κ1) is 26.8. The van der Waals surface area contributed by atoms with E-state index in [2.05, 4.69) is 5.32 Å². The molecule has 2 aromatic carbocycles. The van der Waals surface area contributed by atoms with E-state index in [1.807, 2.05) is 13.0 Å². The van der Waals surface area contributed by atoms with Crippen LogP contribution in [0.25, 0.3) is 0 Å². The van der Waals surface area contributed by atoms with Gasteiger partial charge in [-0.3, -0.25) is 14.9 Å². The van der Waals surface area contributed by atoms with Gasteiger partial charge < -0.3 is 33.7 Å². The van der Waals surface area contributed by atoms with Crippen LogP contribution in [0.3, 0.4) is 0 Å². The summed E-state index contributed by atoms with van der Waals surface area (Å²) < 4.78 is 31.7. The van der Waals surface area contributed by atoms with Gasteiger partial charge in [-0.1, -0.05) is 6.07 Å². The number of carbonyl (C=O) groups is 1. The molecule has 0 radical (unpaired) electrons. The fraction of sp³-hybridized carbons (Fsp3) is 0.435. The van der Waals surface area contributed by atoms with Crippen LogP contribution in [0.2, 0.25) is 0 Å². The minimum absolute atomic E-state index is 0.0120. The molecule has 0 aliphatic heterocycles. The van der Waals surface area contributed by atoms with Gasteiger partial charge in [-0.15, -0.1) is 0 Å². The average Bonchev–Trinajstić information content (AvgIpc) is 2.83. The third kappa shape index (κ3) is 7.87. The summed E-state index contributed by atoms with van der Waals surface area (Å²) in [5.41, 5.74) is 0.935. The van der Waals surface area contributed by atoms with E-state index in [-0.39, 0.29) is 29.4 Å². The summed E-state index contributed by atoms with van der Waals surface area (Å²) >= 11 is 0. The number of nitrogens with one attached hydrogen (secondary N) is 1. The van der Waals surface area contributed by atoms with Gasteiger partial charge in [0.1, 0.15) is 18.1 Å². The van der Waals surface area contributed by atoms with Crippen LogP contribution >= 0.6 is 0 Å². The van der Waals surface area contributed by atoms with Gasteiger partial charge in [0.05, 0.1) is 63.4 Å². The Morgan fingerprint density at radius 3 is 2.15 bits per heavy atom. The highest BCUT2D eigenvalue weighted by atomic mass is 16.6. The number of carbonyl (C=O) groups excluding carboxylic acids is 1. The number of hydrogen-bond donors (Lipinski definition) is 1. The Hall–Kier alpha value is -3.41. The number of hydrogen-bond acceptors (Lipinski definition) is 9. The first-order valence-corrected chi connectivity index (χ1v) is 10.5. The van der Waals surface area contributed by atoms with Crippen molar-refractivity contribution in [2.45, 2.75) is 6.92 Å². The Balaban J connectivity index is 2.05. The maximum atomic E-state index is 13.0. The molecule has 0 aliphatic rings. The standard InChI is InChI=1S/C23H30N2O9/c1-16-5-6-20(34-12-11-33-10-9-32-8-7-29-2)18(13-16)24-23(26)17-14-19(25(27)28)22(31-4)15-21(17)30-3/h5-6,13-15H,7-12H2,1-4H3,(H,24,26). The summed E-state index contributed by atoms with van der Waals surface area (Å²) in [6.45, 7) is 4.34. The normalized spacial score (nSPS) is 10.6. The maximum absolute atomic E-state index is 13.0. The monoisotopic (exact) mass is 478 g/mol. The highest BCUT2D eigenvalue weighted by Gasteiger charge is 2.24. The number of benzene rings is 2. The van der Waals surface area contributed by atoms with Crippen molar-refractivity contribution in [1.29, 1.82) is 0 Å². The lowest BCUT2D eigenvalue weighted by atomic mass is 10.1. The van der Waals surface area contributed by atoms with Gasteiger partial charge in [0.15, 0.2) is 0 Å². The van der Waals surface area contributed by atoms with Crippen LogP contribution in [-0.2, 0) is 14.2 Å². The van der Waals surface area contributed by atoms with E-state index in [4.69, 9.17) is 28.4 Å². The Bertz CT molecular complexity index is 966. The van der Waals surface area contributed by atoms with Gasteiger partial charge >= 0.3 is 5.69 Å². The Morgan fingerprint density at radius 2 is 1.53 bits per heavy atom. The summed E-state index contributed by atoms with van der Waals surface area (Å²) in [6.07, 6.45) is 0. The van der Waals surface area contributed by atoms with Crippen LogP contribution in [0.1, 0.15) is 15.9 Å². The molecule has 0 saturated carbocycles. The predicted molar refractivity (Wildman–Crippen MR) is 124 cm³/mol. The van der Waals surface area contributed by atoms with Gasteiger partial charge in [0.2, 0.25) is 5.75 Å². The van der Waals surface area contributed by atoms with Gasteiger partial charge in [0, 0.05) is 19.2 Å². The summed E-state index contributed by atoms with van der Waals surface area (Å²) in [7, 11) is 4.27. The van der Waals surface area contributed by atoms with Gasteiger partial charge in [0.25, 0.3) is 5.91 Å². The molecule has 0 fully saturated rings. The number of nitrogens with zero attached hydrogens (tertiary/aromatic N) is 1. The lowest BCUT2D eigenvalue weighted by Crippen LogP contribution is -2.16. The Morgan fingerprint density at radius 1 is 0.882 bits per heavy atom. The zero-order valence-corrected chi connectivity index (χ0v) is 19.8. The minimum Gasteiger partial charge on any atom is -0.496 e. The lowest BCUT2D eigenvalue weighted by molar-refractivity contribution is -0.385. The number of nitro benzene ring substituents is 1. The summed E-state index contributed by atoms with van der Waals surface area (Å²) in [5.74, 6) is -0.0401. The smallest absolute Gasteiger partial charge is 0.311 e.